The minimum Gasteiger partial charge on any atom is -0.441 e. The Balaban J connectivity index is 1.41. The number of carbonyl (C=O) groups excluding carboxylic acids is 1. The average Bonchev–Trinajstić information content (AvgIpc) is 3.17. The number of aromatic nitrogens is 1. The summed E-state index contributed by atoms with van der Waals surface area (Å²) in [7, 11) is 0. The third-order valence-corrected chi connectivity index (χ3v) is 3.86. The van der Waals surface area contributed by atoms with Crippen LogP contribution in [0.1, 0.15) is 32.6 Å². The Morgan fingerprint density at radius 1 is 1.39 bits per heavy atom. The molecule has 0 fully saturated rings. The summed E-state index contributed by atoms with van der Waals surface area (Å²) in [5, 5.41) is 6.85. The molecule has 6 nitrogen and oxygen atoms in total. The smallest absolute Gasteiger partial charge is 0.264 e. The second-order valence-electron chi connectivity index (χ2n) is 6.01. The van der Waals surface area contributed by atoms with Gasteiger partial charge in [0, 0.05) is 19.4 Å². The number of para-hydroxylation sites is 2. The van der Waals surface area contributed by atoms with Crippen LogP contribution < -0.4 is 5.32 Å². The van der Waals surface area contributed by atoms with Crippen LogP contribution in [0, 0.1) is 5.92 Å². The van der Waals surface area contributed by atoms with Crippen LogP contribution in [0.25, 0.3) is 11.1 Å². The summed E-state index contributed by atoms with van der Waals surface area (Å²) < 4.78 is 5.65. The summed E-state index contributed by atoms with van der Waals surface area (Å²) in [6, 6.07) is 7.68. The van der Waals surface area contributed by atoms with Gasteiger partial charge in [0.15, 0.2) is 11.5 Å². The van der Waals surface area contributed by atoms with E-state index in [0.717, 1.165) is 23.2 Å². The Kier molecular flexibility index (Phi) is 4.60. The molecule has 23 heavy (non-hydrogen) atoms. The Hall–Kier alpha value is -2.37. The maximum atomic E-state index is 12.0. The molecule has 1 aromatic heterocycles. The minimum atomic E-state index is -0.489. The van der Waals surface area contributed by atoms with Gasteiger partial charge in [-0.3, -0.25) is 4.79 Å². The summed E-state index contributed by atoms with van der Waals surface area (Å²) in [4.78, 5) is 21.6. The summed E-state index contributed by atoms with van der Waals surface area (Å²) >= 11 is 0. The Bertz CT molecular complexity index is 688. The number of nitrogens with zero attached hydrogens (tertiary/aromatic N) is 2. The molecule has 0 saturated heterocycles. The third-order valence-electron chi connectivity index (χ3n) is 3.86. The highest BCUT2D eigenvalue weighted by Gasteiger charge is 2.28. The lowest BCUT2D eigenvalue weighted by Gasteiger charge is -2.09. The molecule has 1 aliphatic rings. The van der Waals surface area contributed by atoms with E-state index < -0.39 is 6.10 Å². The first-order chi connectivity index (χ1) is 11.1. The molecule has 0 unspecified atom stereocenters. The molecule has 6 heteroatoms. The van der Waals surface area contributed by atoms with Crippen molar-refractivity contribution < 1.29 is 14.0 Å². The Morgan fingerprint density at radius 2 is 2.22 bits per heavy atom. The lowest BCUT2D eigenvalue weighted by molar-refractivity contribution is -0.131. The van der Waals surface area contributed by atoms with Gasteiger partial charge in [-0.05, 0) is 24.5 Å². The van der Waals surface area contributed by atoms with Crippen molar-refractivity contribution in [1.29, 1.82) is 0 Å². The molecule has 1 N–H and O–H groups in total. The molecule has 3 rings (SSSR count). The van der Waals surface area contributed by atoms with Gasteiger partial charge in [0.05, 0.1) is 5.71 Å². The second-order valence-corrected chi connectivity index (χ2v) is 6.01. The maximum Gasteiger partial charge on any atom is 0.264 e. The quantitative estimate of drug-likeness (QED) is 0.831. The Morgan fingerprint density at radius 3 is 2.96 bits per heavy atom. The standard InChI is InChI=1S/C17H21N3O3/c1-11(2)13-10-15(23-20-13)17(21)18-9-5-8-16-19-12-6-3-4-7-14(12)22-16/h3-4,6-7,11,15H,5,8-10H2,1-2H3,(H,18,21)/t15-/m0/s1. The second kappa shape index (κ2) is 6.81. The van der Waals surface area contributed by atoms with Crippen LogP contribution in [0.15, 0.2) is 33.8 Å². The van der Waals surface area contributed by atoms with Crippen LogP contribution in [0.2, 0.25) is 0 Å². The van der Waals surface area contributed by atoms with Gasteiger partial charge in [0.25, 0.3) is 5.91 Å². The molecule has 122 valence electrons. The van der Waals surface area contributed by atoms with Crippen LogP contribution in [-0.4, -0.2) is 29.3 Å². The zero-order chi connectivity index (χ0) is 16.2. The lowest BCUT2D eigenvalue weighted by Crippen LogP contribution is -2.35. The molecule has 1 aliphatic heterocycles. The van der Waals surface area contributed by atoms with Crippen molar-refractivity contribution in [2.24, 2.45) is 11.1 Å². The SMILES string of the molecule is CC(C)C1=NO[C@H](C(=O)NCCCc2nc3ccccc3o2)C1. The van der Waals surface area contributed by atoms with Gasteiger partial charge >= 0.3 is 0 Å². The van der Waals surface area contributed by atoms with Crippen molar-refractivity contribution in [2.75, 3.05) is 6.54 Å². The fourth-order valence-electron chi connectivity index (χ4n) is 2.47. The molecule has 0 saturated carbocycles. The Labute approximate surface area is 134 Å². The zero-order valence-corrected chi connectivity index (χ0v) is 13.4. The maximum absolute atomic E-state index is 12.0. The number of oxime groups is 1. The van der Waals surface area contributed by atoms with Gasteiger partial charge < -0.3 is 14.6 Å². The number of aryl methyl sites for hydroxylation is 1. The number of amides is 1. The number of oxazole rings is 1. The highest BCUT2D eigenvalue weighted by atomic mass is 16.6. The van der Waals surface area contributed by atoms with Gasteiger partial charge in [0.2, 0.25) is 6.10 Å². The first-order valence-electron chi connectivity index (χ1n) is 7.98. The summed E-state index contributed by atoms with van der Waals surface area (Å²) in [5.74, 6) is 0.900. The van der Waals surface area contributed by atoms with Crippen LogP contribution in [0.5, 0.6) is 0 Å². The molecule has 0 radical (unpaired) electrons. The van der Waals surface area contributed by atoms with Gasteiger partial charge in [-0.15, -0.1) is 0 Å². The van der Waals surface area contributed by atoms with Crippen LogP contribution >= 0.6 is 0 Å². The summed E-state index contributed by atoms with van der Waals surface area (Å²) in [6.07, 6.45) is 1.54. The predicted molar refractivity (Wildman–Crippen MR) is 87.1 cm³/mol. The molecule has 2 aromatic rings. The van der Waals surface area contributed by atoms with Gasteiger partial charge in [-0.25, -0.2) is 4.98 Å². The molecular weight excluding hydrogens is 294 g/mol. The average molecular weight is 315 g/mol. The number of benzene rings is 1. The van der Waals surface area contributed by atoms with E-state index in [4.69, 9.17) is 9.25 Å². The minimum absolute atomic E-state index is 0.109. The summed E-state index contributed by atoms with van der Waals surface area (Å²) in [6.45, 7) is 4.65. The van der Waals surface area contributed by atoms with E-state index in [-0.39, 0.29) is 5.91 Å². The highest BCUT2D eigenvalue weighted by Crippen LogP contribution is 2.17. The molecule has 1 aromatic carbocycles. The van der Waals surface area contributed by atoms with Gasteiger partial charge in [-0.2, -0.15) is 0 Å². The number of hydrogen-bond acceptors (Lipinski definition) is 5. The van der Waals surface area contributed by atoms with Gasteiger partial charge in [0.1, 0.15) is 5.52 Å². The van der Waals surface area contributed by atoms with E-state index >= 15 is 0 Å². The van der Waals surface area contributed by atoms with E-state index in [9.17, 15) is 4.79 Å². The normalized spacial score (nSPS) is 17.3. The number of rotatable bonds is 6. The van der Waals surface area contributed by atoms with Gasteiger partial charge in [-0.1, -0.05) is 31.1 Å². The van der Waals surface area contributed by atoms with Crippen molar-refractivity contribution >= 4 is 22.7 Å². The topological polar surface area (TPSA) is 76.7 Å². The van der Waals surface area contributed by atoms with Crippen LogP contribution in [0.3, 0.4) is 0 Å². The molecule has 0 bridgehead atoms. The highest BCUT2D eigenvalue weighted by molar-refractivity contribution is 5.93. The molecule has 2 heterocycles. The van der Waals surface area contributed by atoms with Crippen molar-refractivity contribution in [2.45, 2.75) is 39.2 Å². The van der Waals surface area contributed by atoms with E-state index in [2.05, 4.69) is 15.5 Å². The van der Waals surface area contributed by atoms with Crippen molar-refractivity contribution in [3.63, 3.8) is 0 Å². The molecular formula is C17H21N3O3. The van der Waals surface area contributed by atoms with E-state index in [1.165, 1.54) is 0 Å². The largest absolute Gasteiger partial charge is 0.441 e. The van der Waals surface area contributed by atoms with Crippen LogP contribution in [-0.2, 0) is 16.1 Å². The molecule has 0 aliphatic carbocycles. The van der Waals surface area contributed by atoms with Crippen molar-refractivity contribution in [3.8, 4) is 0 Å². The fourth-order valence-corrected chi connectivity index (χ4v) is 2.47. The molecule has 1 atom stereocenters. The third kappa shape index (κ3) is 3.70. The van der Waals surface area contributed by atoms with Crippen molar-refractivity contribution in [1.82, 2.24) is 10.3 Å². The van der Waals surface area contributed by atoms with E-state index in [0.29, 0.717) is 31.2 Å². The summed E-state index contributed by atoms with van der Waals surface area (Å²) in [5.41, 5.74) is 2.60. The number of nitrogens with one attached hydrogen (secondary N) is 1. The molecule has 0 spiro atoms. The van der Waals surface area contributed by atoms with E-state index in [1.807, 2.05) is 38.1 Å². The number of carbonyl (C=O) groups is 1. The van der Waals surface area contributed by atoms with Crippen molar-refractivity contribution in [3.05, 3.63) is 30.2 Å². The number of hydrogen-bond donors (Lipinski definition) is 1. The zero-order valence-electron chi connectivity index (χ0n) is 13.4. The first kappa shape index (κ1) is 15.5. The lowest BCUT2D eigenvalue weighted by atomic mass is 10.0. The monoisotopic (exact) mass is 315 g/mol. The first-order valence-corrected chi connectivity index (χ1v) is 7.98. The van der Waals surface area contributed by atoms with Crippen LogP contribution in [0.4, 0.5) is 0 Å². The predicted octanol–water partition coefficient (Wildman–Crippen LogP) is 2.68. The van der Waals surface area contributed by atoms with E-state index in [1.54, 1.807) is 0 Å². The number of fused-ring (bicyclic) bond motifs is 1. The molecule has 1 amide bonds. The fraction of sp³-hybridized carbons (Fsp3) is 0.471.